The van der Waals surface area contributed by atoms with E-state index in [0.717, 1.165) is 81.3 Å². The minimum Gasteiger partial charge on any atom is -0.337 e. The molecule has 7 nitrogen and oxygen atoms in total. The zero-order chi connectivity index (χ0) is 30.8. The Morgan fingerprint density at radius 2 is 1.20 bits per heavy atom. The second kappa shape index (κ2) is 10.6. The number of nitrogens with one attached hydrogen (secondary N) is 2. The maximum atomic E-state index is 13.6. The highest BCUT2D eigenvalue weighted by molar-refractivity contribution is 6.27. The molecule has 9 rings (SSSR count). The lowest BCUT2D eigenvalue weighted by molar-refractivity contribution is 0.0590. The number of fused-ring (bicyclic) bond motifs is 6. The van der Waals surface area contributed by atoms with Crippen LogP contribution in [-0.4, -0.2) is 70.9 Å². The molecule has 0 unspecified atom stereocenters. The number of imide groups is 1. The first-order valence-electron chi connectivity index (χ1n) is 15.9. The van der Waals surface area contributed by atoms with Gasteiger partial charge in [0.15, 0.2) is 0 Å². The molecule has 3 heterocycles. The van der Waals surface area contributed by atoms with Crippen LogP contribution in [0.25, 0.3) is 65.9 Å². The van der Waals surface area contributed by atoms with E-state index >= 15 is 0 Å². The van der Waals surface area contributed by atoms with Gasteiger partial charge in [0.1, 0.15) is 5.82 Å². The smallest absolute Gasteiger partial charge is 0.261 e. The van der Waals surface area contributed by atoms with Crippen molar-refractivity contribution in [3.63, 3.8) is 0 Å². The first-order chi connectivity index (χ1) is 22.7. The van der Waals surface area contributed by atoms with Gasteiger partial charge in [0.25, 0.3) is 11.8 Å². The average molecular weight is 602 g/mol. The molecule has 1 aromatic heterocycles. The number of aromatic amines is 1. The van der Waals surface area contributed by atoms with Crippen LogP contribution in [0.2, 0.25) is 0 Å². The number of aromatic nitrogens is 2. The van der Waals surface area contributed by atoms with Crippen molar-refractivity contribution in [3.05, 3.63) is 114 Å². The predicted octanol–water partition coefficient (Wildman–Crippen LogP) is 6.86. The summed E-state index contributed by atoms with van der Waals surface area (Å²) in [7, 11) is 0. The van der Waals surface area contributed by atoms with Gasteiger partial charge in [-0.2, -0.15) is 0 Å². The van der Waals surface area contributed by atoms with Crippen molar-refractivity contribution >= 4 is 55.2 Å². The van der Waals surface area contributed by atoms with E-state index in [-0.39, 0.29) is 11.8 Å². The molecule has 46 heavy (non-hydrogen) atoms. The summed E-state index contributed by atoms with van der Waals surface area (Å²) in [6.07, 6.45) is 0. The van der Waals surface area contributed by atoms with Crippen LogP contribution in [0, 0.1) is 0 Å². The summed E-state index contributed by atoms with van der Waals surface area (Å²) < 4.78 is 0. The molecule has 7 aromatic rings. The molecule has 0 aliphatic carbocycles. The van der Waals surface area contributed by atoms with Crippen LogP contribution in [0.4, 0.5) is 0 Å². The highest BCUT2D eigenvalue weighted by Gasteiger charge is 2.33. The summed E-state index contributed by atoms with van der Waals surface area (Å²) >= 11 is 0. The van der Waals surface area contributed by atoms with Crippen LogP contribution in [0.3, 0.4) is 0 Å². The number of carbonyl (C=O) groups excluding carboxylic acids is 2. The topological polar surface area (TPSA) is 81.3 Å². The van der Waals surface area contributed by atoms with Crippen molar-refractivity contribution in [1.82, 2.24) is 25.1 Å². The van der Waals surface area contributed by atoms with Gasteiger partial charge >= 0.3 is 0 Å². The average Bonchev–Trinajstić information content (AvgIpc) is 3.57. The summed E-state index contributed by atoms with van der Waals surface area (Å²) in [4.78, 5) is 39.7. The van der Waals surface area contributed by atoms with E-state index < -0.39 is 0 Å². The number of hydrogen-bond acceptors (Lipinski definition) is 5. The standard InChI is InChI=1S/C39H31N5O2/c45-38-32-11-5-10-29-26(16-17-33(34(29)32)39(46)44(38)23-22-43-20-18-40-19-21-43)24-12-14-25(15-13-24)37-41-35-30-8-3-1-6-27(30)28-7-2-4-9-31(28)36(35)42-37/h1-17,40H,18-23H2,(H,41,42). The molecule has 1 saturated heterocycles. The fraction of sp³-hybridized carbons (Fsp3) is 0.154. The summed E-state index contributed by atoms with van der Waals surface area (Å²) in [5, 5.41) is 9.69. The van der Waals surface area contributed by atoms with Gasteiger partial charge in [-0.3, -0.25) is 19.4 Å². The van der Waals surface area contributed by atoms with Gasteiger partial charge in [0, 0.05) is 72.1 Å². The molecule has 1 fully saturated rings. The molecule has 2 amide bonds. The van der Waals surface area contributed by atoms with E-state index in [9.17, 15) is 9.59 Å². The molecule has 0 saturated carbocycles. The van der Waals surface area contributed by atoms with Gasteiger partial charge in [-0.1, -0.05) is 91.0 Å². The normalized spacial score (nSPS) is 15.5. The third kappa shape index (κ3) is 4.16. The van der Waals surface area contributed by atoms with Crippen molar-refractivity contribution < 1.29 is 9.59 Å². The summed E-state index contributed by atoms with van der Waals surface area (Å²) in [6, 6.07) is 34.9. The first-order valence-corrected chi connectivity index (χ1v) is 15.9. The number of rotatable bonds is 5. The zero-order valence-electron chi connectivity index (χ0n) is 25.2. The van der Waals surface area contributed by atoms with E-state index in [2.05, 4.69) is 88.0 Å². The minimum absolute atomic E-state index is 0.212. The van der Waals surface area contributed by atoms with Gasteiger partial charge < -0.3 is 10.3 Å². The van der Waals surface area contributed by atoms with Crippen LogP contribution in [0.1, 0.15) is 20.7 Å². The van der Waals surface area contributed by atoms with Gasteiger partial charge in [0.05, 0.1) is 11.0 Å². The molecule has 0 radical (unpaired) electrons. The first kappa shape index (κ1) is 27.0. The van der Waals surface area contributed by atoms with Crippen LogP contribution in [-0.2, 0) is 0 Å². The maximum Gasteiger partial charge on any atom is 0.261 e. The van der Waals surface area contributed by atoms with E-state index in [1.165, 1.54) is 15.7 Å². The third-order valence-corrected chi connectivity index (χ3v) is 9.68. The molecule has 0 atom stereocenters. The number of carbonyl (C=O) groups is 2. The van der Waals surface area contributed by atoms with Crippen LogP contribution in [0.15, 0.2) is 103 Å². The van der Waals surface area contributed by atoms with Crippen LogP contribution < -0.4 is 5.32 Å². The fourth-order valence-corrected chi connectivity index (χ4v) is 7.35. The molecule has 2 N–H and O–H groups in total. The lowest BCUT2D eigenvalue weighted by atomic mass is 9.89. The number of hydrogen-bond donors (Lipinski definition) is 2. The van der Waals surface area contributed by atoms with E-state index in [0.29, 0.717) is 24.2 Å². The quantitative estimate of drug-likeness (QED) is 0.167. The van der Waals surface area contributed by atoms with Crippen LogP contribution in [0.5, 0.6) is 0 Å². The van der Waals surface area contributed by atoms with Gasteiger partial charge in [0.2, 0.25) is 0 Å². The SMILES string of the molecule is O=C1c2cccc3c(-c4ccc(-c5nc6c7ccccc7c7ccccc7c6[nH]5)cc4)ccc(c23)C(=O)N1CCN1CCNCC1. The molecule has 6 aromatic carbocycles. The highest BCUT2D eigenvalue weighted by Crippen LogP contribution is 2.38. The van der Waals surface area contributed by atoms with Crippen molar-refractivity contribution in [2.24, 2.45) is 0 Å². The predicted molar refractivity (Wildman–Crippen MR) is 184 cm³/mol. The number of H-pyrrole nitrogens is 1. The number of benzene rings is 6. The number of nitrogens with zero attached hydrogens (tertiary/aromatic N) is 3. The minimum atomic E-state index is -0.212. The molecule has 2 aliphatic heterocycles. The summed E-state index contributed by atoms with van der Waals surface area (Å²) in [5.41, 5.74) is 6.17. The Morgan fingerprint density at radius 3 is 1.96 bits per heavy atom. The molecule has 224 valence electrons. The lowest BCUT2D eigenvalue weighted by Crippen LogP contribution is -2.49. The van der Waals surface area contributed by atoms with E-state index in [4.69, 9.17) is 4.98 Å². The van der Waals surface area contributed by atoms with E-state index in [1.807, 2.05) is 30.3 Å². The monoisotopic (exact) mass is 601 g/mol. The molecule has 0 bridgehead atoms. The van der Waals surface area contributed by atoms with E-state index in [1.54, 1.807) is 0 Å². The maximum absolute atomic E-state index is 13.6. The Kier molecular flexibility index (Phi) is 6.23. The Labute approximate surface area is 265 Å². The van der Waals surface area contributed by atoms with Crippen molar-refractivity contribution in [3.8, 4) is 22.5 Å². The molecular formula is C39H31N5O2. The van der Waals surface area contributed by atoms with Gasteiger partial charge in [-0.25, -0.2) is 4.98 Å². The second-order valence-corrected chi connectivity index (χ2v) is 12.2. The zero-order valence-corrected chi connectivity index (χ0v) is 25.2. The Balaban J connectivity index is 1.07. The number of amides is 2. The number of piperazine rings is 1. The molecule has 7 heteroatoms. The van der Waals surface area contributed by atoms with Crippen molar-refractivity contribution in [2.45, 2.75) is 0 Å². The molecule has 2 aliphatic rings. The largest absolute Gasteiger partial charge is 0.337 e. The van der Waals surface area contributed by atoms with Crippen molar-refractivity contribution in [1.29, 1.82) is 0 Å². The van der Waals surface area contributed by atoms with Gasteiger partial charge in [-0.05, 0) is 39.4 Å². The van der Waals surface area contributed by atoms with Crippen LogP contribution >= 0.6 is 0 Å². The Bertz CT molecular complexity index is 2260. The fourth-order valence-electron chi connectivity index (χ4n) is 7.35. The Hall–Kier alpha value is -5.37. The lowest BCUT2D eigenvalue weighted by Gasteiger charge is -2.32. The highest BCUT2D eigenvalue weighted by atomic mass is 16.2. The third-order valence-electron chi connectivity index (χ3n) is 9.68. The molecule has 0 spiro atoms. The number of imidazole rings is 1. The second-order valence-electron chi connectivity index (χ2n) is 12.2. The van der Waals surface area contributed by atoms with Crippen molar-refractivity contribution in [2.75, 3.05) is 39.3 Å². The molecular weight excluding hydrogens is 570 g/mol. The summed E-state index contributed by atoms with van der Waals surface area (Å²) in [5.74, 6) is 0.392. The summed E-state index contributed by atoms with van der Waals surface area (Å²) in [6.45, 7) is 4.79. The Morgan fingerprint density at radius 1 is 0.587 bits per heavy atom. The van der Waals surface area contributed by atoms with Gasteiger partial charge in [-0.15, -0.1) is 0 Å².